The van der Waals surface area contributed by atoms with Crippen LogP contribution in [0.4, 0.5) is 0 Å². The predicted molar refractivity (Wildman–Crippen MR) is 76.9 cm³/mol. The van der Waals surface area contributed by atoms with Crippen molar-refractivity contribution < 1.29 is 18.9 Å². The van der Waals surface area contributed by atoms with Crippen LogP contribution in [0.5, 0.6) is 17.2 Å². The zero-order valence-electron chi connectivity index (χ0n) is 12.6. The summed E-state index contributed by atoms with van der Waals surface area (Å²) in [6.07, 6.45) is 0.0488. The largest absolute Gasteiger partial charge is 0.496 e. The number of morpholine rings is 1. The molecule has 1 aliphatic rings. The second-order valence-electron chi connectivity index (χ2n) is 4.98. The van der Waals surface area contributed by atoms with E-state index in [-0.39, 0.29) is 12.2 Å². The third-order valence-corrected chi connectivity index (χ3v) is 3.15. The van der Waals surface area contributed by atoms with E-state index in [0.717, 1.165) is 24.4 Å². The Kier molecular flexibility index (Phi) is 5.09. The molecule has 0 radical (unpaired) electrons. The fourth-order valence-electron chi connectivity index (χ4n) is 2.26. The van der Waals surface area contributed by atoms with E-state index < -0.39 is 0 Å². The van der Waals surface area contributed by atoms with E-state index in [1.165, 1.54) is 0 Å². The summed E-state index contributed by atoms with van der Waals surface area (Å²) in [6, 6.07) is 3.81. The van der Waals surface area contributed by atoms with E-state index in [1.54, 1.807) is 14.2 Å². The summed E-state index contributed by atoms with van der Waals surface area (Å²) >= 11 is 0. The highest BCUT2D eigenvalue weighted by Gasteiger charge is 2.22. The van der Waals surface area contributed by atoms with Crippen LogP contribution in [0, 0.1) is 0 Å². The van der Waals surface area contributed by atoms with Gasteiger partial charge in [-0.05, 0) is 19.9 Å². The number of hydrogen-bond donors (Lipinski definition) is 1. The van der Waals surface area contributed by atoms with Crippen LogP contribution in [0.2, 0.25) is 0 Å². The quantitative estimate of drug-likeness (QED) is 0.896. The second-order valence-corrected chi connectivity index (χ2v) is 4.98. The Balaban J connectivity index is 2.35. The lowest BCUT2D eigenvalue weighted by Gasteiger charge is -2.26. The van der Waals surface area contributed by atoms with Gasteiger partial charge in [0.25, 0.3) is 0 Å². The minimum Gasteiger partial charge on any atom is -0.496 e. The summed E-state index contributed by atoms with van der Waals surface area (Å²) in [5, 5.41) is 3.32. The van der Waals surface area contributed by atoms with Crippen molar-refractivity contribution in [3.05, 3.63) is 17.7 Å². The lowest BCUT2D eigenvalue weighted by molar-refractivity contribution is 0.0260. The van der Waals surface area contributed by atoms with Gasteiger partial charge in [0.1, 0.15) is 5.75 Å². The van der Waals surface area contributed by atoms with Gasteiger partial charge in [0, 0.05) is 24.7 Å². The first kappa shape index (κ1) is 14.9. The molecule has 5 nitrogen and oxygen atoms in total. The first-order valence-corrected chi connectivity index (χ1v) is 6.90. The van der Waals surface area contributed by atoms with E-state index in [9.17, 15) is 0 Å². The van der Waals surface area contributed by atoms with Gasteiger partial charge in [-0.25, -0.2) is 0 Å². The zero-order chi connectivity index (χ0) is 14.5. The molecule has 1 N–H and O–H groups in total. The maximum atomic E-state index is 5.79. The average molecular weight is 281 g/mol. The Morgan fingerprint density at radius 1 is 1.15 bits per heavy atom. The van der Waals surface area contributed by atoms with Crippen LogP contribution >= 0.6 is 0 Å². The standard InChI is InChI=1S/C15H23NO4/c1-10(2)20-14-8-12(17-3)11(7-13(14)18-4)15-9-16-5-6-19-15/h7-8,10,15-16H,5-6,9H2,1-4H3. The van der Waals surface area contributed by atoms with Crippen LogP contribution in [-0.2, 0) is 4.74 Å². The molecule has 1 aromatic rings. The molecular weight excluding hydrogens is 258 g/mol. The number of methoxy groups -OCH3 is 2. The summed E-state index contributed by atoms with van der Waals surface area (Å²) in [7, 11) is 3.29. The van der Waals surface area contributed by atoms with Gasteiger partial charge in [-0.1, -0.05) is 0 Å². The van der Waals surface area contributed by atoms with Crippen molar-refractivity contribution in [1.82, 2.24) is 5.32 Å². The van der Waals surface area contributed by atoms with Crippen LogP contribution in [0.25, 0.3) is 0 Å². The Morgan fingerprint density at radius 3 is 2.45 bits per heavy atom. The number of ether oxygens (including phenoxy) is 4. The molecule has 0 bridgehead atoms. The predicted octanol–water partition coefficient (Wildman–Crippen LogP) is 2.15. The van der Waals surface area contributed by atoms with Gasteiger partial charge in [-0.3, -0.25) is 0 Å². The van der Waals surface area contributed by atoms with Crippen molar-refractivity contribution in [3.63, 3.8) is 0 Å². The minimum absolute atomic E-state index is 0.0271. The zero-order valence-corrected chi connectivity index (χ0v) is 12.6. The summed E-state index contributed by atoms with van der Waals surface area (Å²) in [6.45, 7) is 6.30. The lowest BCUT2D eigenvalue weighted by Crippen LogP contribution is -2.33. The molecular formula is C15H23NO4. The molecule has 0 aromatic heterocycles. The van der Waals surface area contributed by atoms with Crippen LogP contribution in [0.1, 0.15) is 25.5 Å². The van der Waals surface area contributed by atoms with Gasteiger partial charge in [-0.2, -0.15) is 0 Å². The number of rotatable bonds is 5. The molecule has 1 aliphatic heterocycles. The fourth-order valence-corrected chi connectivity index (χ4v) is 2.26. The van der Waals surface area contributed by atoms with Crippen molar-refractivity contribution in [1.29, 1.82) is 0 Å². The number of benzene rings is 1. The van der Waals surface area contributed by atoms with Gasteiger partial charge in [0.15, 0.2) is 11.5 Å². The molecule has 1 unspecified atom stereocenters. The molecule has 0 aliphatic carbocycles. The summed E-state index contributed by atoms with van der Waals surface area (Å²) < 4.78 is 22.4. The highest BCUT2D eigenvalue weighted by molar-refractivity contribution is 5.51. The Morgan fingerprint density at radius 2 is 1.90 bits per heavy atom. The maximum absolute atomic E-state index is 5.79. The Hall–Kier alpha value is -1.46. The molecule has 1 saturated heterocycles. The van der Waals surface area contributed by atoms with Crippen LogP contribution in [-0.4, -0.2) is 40.0 Å². The van der Waals surface area contributed by atoms with Crippen molar-refractivity contribution in [2.75, 3.05) is 33.9 Å². The van der Waals surface area contributed by atoms with Gasteiger partial charge in [0.2, 0.25) is 0 Å². The van der Waals surface area contributed by atoms with Crippen molar-refractivity contribution in [3.8, 4) is 17.2 Å². The van der Waals surface area contributed by atoms with E-state index in [0.29, 0.717) is 18.1 Å². The van der Waals surface area contributed by atoms with Gasteiger partial charge < -0.3 is 24.3 Å². The number of hydrogen-bond acceptors (Lipinski definition) is 5. The number of nitrogens with one attached hydrogen (secondary N) is 1. The van der Waals surface area contributed by atoms with Gasteiger partial charge in [0.05, 0.1) is 33.0 Å². The maximum Gasteiger partial charge on any atom is 0.165 e. The molecule has 2 rings (SSSR count). The topological polar surface area (TPSA) is 49.0 Å². The van der Waals surface area contributed by atoms with Crippen LogP contribution < -0.4 is 19.5 Å². The average Bonchev–Trinajstić information content (AvgIpc) is 2.47. The van der Waals surface area contributed by atoms with E-state index >= 15 is 0 Å². The van der Waals surface area contributed by atoms with E-state index in [2.05, 4.69) is 5.32 Å². The molecule has 1 atom stereocenters. The van der Waals surface area contributed by atoms with E-state index in [1.807, 2.05) is 26.0 Å². The molecule has 1 aromatic carbocycles. The third-order valence-electron chi connectivity index (χ3n) is 3.15. The first-order valence-electron chi connectivity index (χ1n) is 6.90. The Labute approximate surface area is 120 Å². The molecule has 0 spiro atoms. The third kappa shape index (κ3) is 3.35. The molecule has 20 heavy (non-hydrogen) atoms. The minimum atomic E-state index is -0.0271. The monoisotopic (exact) mass is 281 g/mol. The molecule has 1 heterocycles. The molecule has 0 amide bonds. The summed E-state index contributed by atoms with van der Waals surface area (Å²) in [4.78, 5) is 0. The highest BCUT2D eigenvalue weighted by Crippen LogP contribution is 2.39. The first-order chi connectivity index (χ1) is 9.65. The summed E-state index contributed by atoms with van der Waals surface area (Å²) in [5.41, 5.74) is 0.979. The molecule has 0 saturated carbocycles. The van der Waals surface area contributed by atoms with Crippen LogP contribution in [0.3, 0.4) is 0 Å². The van der Waals surface area contributed by atoms with Crippen LogP contribution in [0.15, 0.2) is 12.1 Å². The summed E-state index contributed by atoms with van der Waals surface area (Å²) in [5.74, 6) is 2.14. The van der Waals surface area contributed by atoms with Crippen molar-refractivity contribution >= 4 is 0 Å². The smallest absolute Gasteiger partial charge is 0.165 e. The molecule has 1 fully saturated rings. The highest BCUT2D eigenvalue weighted by atomic mass is 16.5. The SMILES string of the molecule is COc1cc(C2CNCCO2)c(OC)cc1OC(C)C. The molecule has 112 valence electrons. The van der Waals surface area contributed by atoms with Gasteiger partial charge in [-0.15, -0.1) is 0 Å². The fraction of sp³-hybridized carbons (Fsp3) is 0.600. The molecule has 5 heteroatoms. The second kappa shape index (κ2) is 6.81. The van der Waals surface area contributed by atoms with Crippen molar-refractivity contribution in [2.45, 2.75) is 26.1 Å². The normalized spacial score (nSPS) is 18.9. The van der Waals surface area contributed by atoms with Crippen molar-refractivity contribution in [2.24, 2.45) is 0 Å². The van der Waals surface area contributed by atoms with E-state index in [4.69, 9.17) is 18.9 Å². The van der Waals surface area contributed by atoms with Gasteiger partial charge >= 0.3 is 0 Å². The Bertz CT molecular complexity index is 442. The lowest BCUT2D eigenvalue weighted by atomic mass is 10.1.